The molecule has 1 atom stereocenters. The maximum Gasteiger partial charge on any atom is 0.335 e. The van der Waals surface area contributed by atoms with Gasteiger partial charge >= 0.3 is 5.97 Å². The Bertz CT molecular complexity index is 687. The summed E-state index contributed by atoms with van der Waals surface area (Å²) in [6.45, 7) is 2.61. The van der Waals surface area contributed by atoms with Crippen molar-refractivity contribution in [3.8, 4) is 0 Å². The predicted molar refractivity (Wildman–Crippen MR) is 92.2 cm³/mol. The summed E-state index contributed by atoms with van der Waals surface area (Å²) >= 11 is 1.67. The van der Waals surface area contributed by atoms with Crippen LogP contribution in [0.15, 0.2) is 28.8 Å². The average molecular weight is 347 g/mol. The van der Waals surface area contributed by atoms with Gasteiger partial charge in [0.15, 0.2) is 5.82 Å². The van der Waals surface area contributed by atoms with Crippen molar-refractivity contribution >= 4 is 17.7 Å². The van der Waals surface area contributed by atoms with E-state index in [0.29, 0.717) is 23.9 Å². The molecule has 1 aromatic carbocycles. The summed E-state index contributed by atoms with van der Waals surface area (Å²) in [5.41, 5.74) is 1.52. The van der Waals surface area contributed by atoms with Crippen molar-refractivity contribution in [2.75, 3.05) is 19.3 Å². The maximum absolute atomic E-state index is 11.0. The summed E-state index contributed by atoms with van der Waals surface area (Å²) in [4.78, 5) is 17.7. The van der Waals surface area contributed by atoms with Crippen molar-refractivity contribution in [1.29, 1.82) is 0 Å². The molecular formula is C17H21N3O3S. The number of thioether (sulfide) groups is 1. The van der Waals surface area contributed by atoms with Crippen LogP contribution in [0.4, 0.5) is 0 Å². The molecule has 7 heteroatoms. The number of carbonyl (C=O) groups is 1. The second kappa shape index (κ2) is 7.81. The summed E-state index contributed by atoms with van der Waals surface area (Å²) in [5.74, 6) is 1.71. The molecule has 0 amide bonds. The molecule has 2 aromatic rings. The van der Waals surface area contributed by atoms with E-state index >= 15 is 0 Å². The first-order valence-electron chi connectivity index (χ1n) is 8.01. The molecular weight excluding hydrogens is 326 g/mol. The molecule has 0 radical (unpaired) electrons. The summed E-state index contributed by atoms with van der Waals surface area (Å²) in [6, 6.07) is 7.23. The Morgan fingerprint density at radius 2 is 2.21 bits per heavy atom. The average Bonchev–Trinajstić information content (AvgIpc) is 3.02. The summed E-state index contributed by atoms with van der Waals surface area (Å²) in [5, 5.41) is 13.0. The van der Waals surface area contributed by atoms with E-state index in [1.54, 1.807) is 23.9 Å². The first-order chi connectivity index (χ1) is 11.7. The zero-order valence-corrected chi connectivity index (χ0v) is 14.5. The number of carboxylic acids is 1. The van der Waals surface area contributed by atoms with E-state index in [1.807, 2.05) is 18.4 Å². The predicted octanol–water partition coefficient (Wildman–Crippen LogP) is 3.01. The SMILES string of the molecule is CSCc1noc(CN2CCCC(c3ccc(C(=O)O)cc3)C2)n1. The van der Waals surface area contributed by atoms with Crippen LogP contribution in [0.1, 0.15) is 46.4 Å². The number of aromatic carboxylic acids is 1. The highest BCUT2D eigenvalue weighted by atomic mass is 32.2. The monoisotopic (exact) mass is 347 g/mol. The van der Waals surface area contributed by atoms with Gasteiger partial charge in [0.2, 0.25) is 5.89 Å². The van der Waals surface area contributed by atoms with Crippen molar-refractivity contribution in [3.05, 3.63) is 47.1 Å². The zero-order chi connectivity index (χ0) is 16.9. The Kier molecular flexibility index (Phi) is 5.52. The van der Waals surface area contributed by atoms with Gasteiger partial charge in [0.25, 0.3) is 0 Å². The number of rotatable bonds is 6. The number of benzene rings is 1. The smallest absolute Gasteiger partial charge is 0.335 e. The normalized spacial score (nSPS) is 18.6. The molecule has 1 unspecified atom stereocenters. The Hall–Kier alpha value is -1.86. The lowest BCUT2D eigenvalue weighted by molar-refractivity contribution is 0.0697. The lowest BCUT2D eigenvalue weighted by Gasteiger charge is -2.32. The minimum atomic E-state index is -0.885. The van der Waals surface area contributed by atoms with E-state index in [1.165, 1.54) is 5.56 Å². The summed E-state index contributed by atoms with van der Waals surface area (Å²) in [7, 11) is 0. The van der Waals surface area contributed by atoms with Crippen molar-refractivity contribution in [2.45, 2.75) is 31.1 Å². The fourth-order valence-electron chi connectivity index (χ4n) is 3.10. The zero-order valence-electron chi connectivity index (χ0n) is 13.6. The van der Waals surface area contributed by atoms with Gasteiger partial charge in [-0.2, -0.15) is 16.7 Å². The first-order valence-corrected chi connectivity index (χ1v) is 9.41. The molecule has 1 aromatic heterocycles. The van der Waals surface area contributed by atoms with Gasteiger partial charge in [-0.1, -0.05) is 17.3 Å². The molecule has 1 aliphatic heterocycles. The van der Waals surface area contributed by atoms with E-state index in [2.05, 4.69) is 15.0 Å². The Morgan fingerprint density at radius 3 is 2.92 bits per heavy atom. The lowest BCUT2D eigenvalue weighted by Crippen LogP contribution is -2.34. The minimum Gasteiger partial charge on any atom is -0.478 e. The Balaban J connectivity index is 1.62. The largest absolute Gasteiger partial charge is 0.478 e. The molecule has 1 N–H and O–H groups in total. The van der Waals surface area contributed by atoms with Gasteiger partial charge in [-0.3, -0.25) is 4.90 Å². The number of aromatic nitrogens is 2. The van der Waals surface area contributed by atoms with Gasteiger partial charge in [-0.25, -0.2) is 4.79 Å². The third kappa shape index (κ3) is 4.15. The third-order valence-corrected chi connectivity index (χ3v) is 4.82. The lowest BCUT2D eigenvalue weighted by atomic mass is 9.90. The van der Waals surface area contributed by atoms with Crippen LogP contribution in [0.5, 0.6) is 0 Å². The molecule has 1 fully saturated rings. The fraction of sp³-hybridized carbons (Fsp3) is 0.471. The molecule has 0 bridgehead atoms. The second-order valence-electron chi connectivity index (χ2n) is 6.04. The van der Waals surface area contributed by atoms with Gasteiger partial charge in [0, 0.05) is 6.54 Å². The van der Waals surface area contributed by atoms with E-state index < -0.39 is 5.97 Å². The van der Waals surface area contributed by atoms with Gasteiger partial charge < -0.3 is 9.63 Å². The number of carboxylic acid groups (broad SMARTS) is 1. The molecule has 0 aliphatic carbocycles. The molecule has 1 saturated heterocycles. The third-order valence-electron chi connectivity index (χ3n) is 4.28. The van der Waals surface area contributed by atoms with Crippen LogP contribution in [0.2, 0.25) is 0 Å². The highest BCUT2D eigenvalue weighted by molar-refractivity contribution is 7.97. The molecule has 0 saturated carbocycles. The molecule has 128 valence electrons. The number of hydrogen-bond donors (Lipinski definition) is 1. The molecule has 24 heavy (non-hydrogen) atoms. The number of hydrogen-bond acceptors (Lipinski definition) is 6. The molecule has 3 rings (SSSR count). The van der Waals surface area contributed by atoms with Crippen LogP contribution in [0, 0.1) is 0 Å². The fourth-order valence-corrected chi connectivity index (χ4v) is 3.48. The molecule has 0 spiro atoms. The van der Waals surface area contributed by atoms with Gasteiger partial charge in [0.05, 0.1) is 17.9 Å². The quantitative estimate of drug-likeness (QED) is 0.860. The van der Waals surface area contributed by atoms with Crippen molar-refractivity contribution < 1.29 is 14.4 Å². The highest BCUT2D eigenvalue weighted by Crippen LogP contribution is 2.28. The van der Waals surface area contributed by atoms with Crippen LogP contribution >= 0.6 is 11.8 Å². The van der Waals surface area contributed by atoms with Crippen LogP contribution < -0.4 is 0 Å². The molecule has 1 aliphatic rings. The standard InChI is InChI=1S/C17H21N3O3S/c1-24-11-15-18-16(23-19-15)10-20-8-2-3-14(9-20)12-4-6-13(7-5-12)17(21)22/h4-7,14H,2-3,8-11H2,1H3,(H,21,22). The second-order valence-corrected chi connectivity index (χ2v) is 6.90. The van der Waals surface area contributed by atoms with Crippen LogP contribution in [0.3, 0.4) is 0 Å². The Morgan fingerprint density at radius 1 is 1.42 bits per heavy atom. The van der Waals surface area contributed by atoms with Gasteiger partial charge in [-0.05, 0) is 49.3 Å². The van der Waals surface area contributed by atoms with E-state index in [0.717, 1.165) is 37.5 Å². The minimum absolute atomic E-state index is 0.332. The first kappa shape index (κ1) is 17.0. The summed E-state index contributed by atoms with van der Waals surface area (Å²) in [6.07, 6.45) is 4.24. The van der Waals surface area contributed by atoms with E-state index in [4.69, 9.17) is 9.63 Å². The van der Waals surface area contributed by atoms with Gasteiger partial charge in [-0.15, -0.1) is 0 Å². The molecule has 2 heterocycles. The number of piperidine rings is 1. The Labute approximate surface area is 145 Å². The summed E-state index contributed by atoms with van der Waals surface area (Å²) < 4.78 is 5.32. The van der Waals surface area contributed by atoms with Crippen LogP contribution in [-0.4, -0.2) is 45.5 Å². The number of nitrogens with zero attached hydrogens (tertiary/aromatic N) is 3. The molecule has 6 nitrogen and oxygen atoms in total. The van der Waals surface area contributed by atoms with E-state index in [-0.39, 0.29) is 0 Å². The van der Waals surface area contributed by atoms with Crippen LogP contribution in [0.25, 0.3) is 0 Å². The van der Waals surface area contributed by atoms with Crippen molar-refractivity contribution in [3.63, 3.8) is 0 Å². The topological polar surface area (TPSA) is 79.5 Å². The highest BCUT2D eigenvalue weighted by Gasteiger charge is 2.23. The van der Waals surface area contributed by atoms with Crippen LogP contribution in [-0.2, 0) is 12.3 Å². The van der Waals surface area contributed by atoms with Gasteiger partial charge in [0.1, 0.15) is 0 Å². The van der Waals surface area contributed by atoms with Crippen molar-refractivity contribution in [1.82, 2.24) is 15.0 Å². The van der Waals surface area contributed by atoms with Crippen molar-refractivity contribution in [2.24, 2.45) is 0 Å². The van der Waals surface area contributed by atoms with E-state index in [9.17, 15) is 4.79 Å². The number of likely N-dealkylation sites (tertiary alicyclic amines) is 1. The maximum atomic E-state index is 11.0.